The average molecular weight is 548 g/mol. The lowest BCUT2D eigenvalue weighted by Crippen LogP contribution is -1.91. The third-order valence-electron chi connectivity index (χ3n) is 8.57. The van der Waals surface area contributed by atoms with Crippen LogP contribution in [0.3, 0.4) is 0 Å². The molecule has 1 heteroatoms. The molecule has 0 unspecified atom stereocenters. The van der Waals surface area contributed by atoms with Gasteiger partial charge in [-0.1, -0.05) is 127 Å². The second kappa shape index (κ2) is 10.4. The first kappa shape index (κ1) is 25.2. The zero-order chi connectivity index (χ0) is 28.8. The number of rotatable bonds is 4. The Balaban J connectivity index is 1.28. The molecule has 0 aliphatic rings. The van der Waals surface area contributed by atoms with Crippen LogP contribution in [0.2, 0.25) is 0 Å². The van der Waals surface area contributed by atoms with Crippen LogP contribution in [0, 0.1) is 6.92 Å². The molecule has 0 radical (unpaired) electrons. The third kappa shape index (κ3) is 4.47. The molecule has 0 fully saturated rings. The lowest BCUT2D eigenvalue weighted by Gasteiger charge is -2.18. The van der Waals surface area contributed by atoms with Crippen molar-refractivity contribution in [2.24, 2.45) is 0 Å². The van der Waals surface area contributed by atoms with Gasteiger partial charge in [0.05, 0.1) is 0 Å². The predicted octanol–water partition coefficient (Wildman–Crippen LogP) is 11.5. The number of fused-ring (bicyclic) bond motifs is 3. The van der Waals surface area contributed by atoms with Gasteiger partial charge in [0.1, 0.15) is 0 Å². The monoisotopic (exact) mass is 547 g/mol. The second-order valence-corrected chi connectivity index (χ2v) is 11.2. The highest BCUT2D eigenvalue weighted by molar-refractivity contribution is 6.21. The second-order valence-electron chi connectivity index (χ2n) is 11.2. The van der Waals surface area contributed by atoms with Crippen molar-refractivity contribution >= 4 is 32.3 Å². The summed E-state index contributed by atoms with van der Waals surface area (Å²) in [5.41, 5.74) is 10.9. The van der Waals surface area contributed by atoms with Gasteiger partial charge in [-0.2, -0.15) is 0 Å². The van der Waals surface area contributed by atoms with Crippen LogP contribution in [0.25, 0.3) is 76.8 Å². The van der Waals surface area contributed by atoms with Gasteiger partial charge in [-0.15, -0.1) is 0 Å². The normalized spacial score (nSPS) is 11.4. The summed E-state index contributed by atoms with van der Waals surface area (Å²) in [6.45, 7) is 2.04. The molecular formula is C42H29N. The number of aromatic nitrogens is 1. The largest absolute Gasteiger partial charge is 0.262 e. The SMILES string of the molecule is Cc1cc(-c2cccc(-c3ccc(-c4c5ccccc5c(-c5ccc6ccccc6c5)c5ccccc45)cc3)c2)ccn1. The van der Waals surface area contributed by atoms with Crippen LogP contribution in [0.5, 0.6) is 0 Å². The summed E-state index contributed by atoms with van der Waals surface area (Å²) in [6.07, 6.45) is 1.88. The van der Waals surface area contributed by atoms with E-state index in [0.29, 0.717) is 0 Å². The minimum absolute atomic E-state index is 1.03. The number of hydrogen-bond acceptors (Lipinski definition) is 1. The quantitative estimate of drug-likeness (QED) is 0.200. The molecule has 202 valence electrons. The maximum absolute atomic E-state index is 4.36. The van der Waals surface area contributed by atoms with Gasteiger partial charge in [0, 0.05) is 11.9 Å². The molecule has 8 rings (SSSR count). The van der Waals surface area contributed by atoms with Gasteiger partial charge in [0.2, 0.25) is 0 Å². The minimum Gasteiger partial charge on any atom is -0.262 e. The molecule has 43 heavy (non-hydrogen) atoms. The van der Waals surface area contributed by atoms with Gasteiger partial charge in [0.25, 0.3) is 0 Å². The number of benzene rings is 7. The smallest absolute Gasteiger partial charge is 0.0378 e. The van der Waals surface area contributed by atoms with Crippen LogP contribution in [0.15, 0.2) is 158 Å². The van der Waals surface area contributed by atoms with E-state index in [9.17, 15) is 0 Å². The van der Waals surface area contributed by atoms with E-state index in [1.807, 2.05) is 13.1 Å². The van der Waals surface area contributed by atoms with Crippen LogP contribution in [0.1, 0.15) is 5.69 Å². The Morgan fingerprint density at radius 2 is 0.860 bits per heavy atom. The van der Waals surface area contributed by atoms with Gasteiger partial charge < -0.3 is 0 Å². The van der Waals surface area contributed by atoms with Gasteiger partial charge >= 0.3 is 0 Å². The first-order valence-electron chi connectivity index (χ1n) is 14.8. The van der Waals surface area contributed by atoms with Crippen LogP contribution >= 0.6 is 0 Å². The lowest BCUT2D eigenvalue weighted by molar-refractivity contribution is 1.20. The topological polar surface area (TPSA) is 12.9 Å². The van der Waals surface area contributed by atoms with E-state index in [1.165, 1.54) is 76.8 Å². The molecule has 1 nitrogen and oxygen atoms in total. The van der Waals surface area contributed by atoms with Gasteiger partial charge in [-0.05, 0) is 108 Å². The minimum atomic E-state index is 1.03. The highest BCUT2D eigenvalue weighted by Gasteiger charge is 2.17. The molecule has 0 aliphatic heterocycles. The van der Waals surface area contributed by atoms with E-state index < -0.39 is 0 Å². The molecule has 0 saturated carbocycles. The standard InChI is InChI=1S/C42H29N/c1-28-25-35(23-24-43-28)34-12-8-11-33(26-34)30-17-20-31(21-18-30)41-37-13-4-6-15-39(37)42(40-16-7-5-14-38(40)41)36-22-19-29-9-2-3-10-32(29)27-36/h2-27H,1H3. The van der Waals surface area contributed by atoms with Crippen molar-refractivity contribution in [3.63, 3.8) is 0 Å². The van der Waals surface area contributed by atoms with Gasteiger partial charge in [-0.25, -0.2) is 0 Å². The van der Waals surface area contributed by atoms with Crippen molar-refractivity contribution in [3.05, 3.63) is 164 Å². The number of aryl methyl sites for hydroxylation is 1. The lowest BCUT2D eigenvalue weighted by atomic mass is 9.85. The Morgan fingerprint density at radius 3 is 1.51 bits per heavy atom. The zero-order valence-corrected chi connectivity index (χ0v) is 24.0. The molecule has 1 aromatic heterocycles. The van der Waals surface area contributed by atoms with E-state index in [4.69, 9.17) is 0 Å². The van der Waals surface area contributed by atoms with Crippen molar-refractivity contribution in [1.29, 1.82) is 0 Å². The van der Waals surface area contributed by atoms with Crippen LogP contribution in [0.4, 0.5) is 0 Å². The highest BCUT2D eigenvalue weighted by atomic mass is 14.6. The van der Waals surface area contributed by atoms with E-state index in [1.54, 1.807) is 0 Å². The molecule has 0 bridgehead atoms. The summed E-state index contributed by atoms with van der Waals surface area (Å²) in [7, 11) is 0. The fourth-order valence-electron chi connectivity index (χ4n) is 6.53. The Morgan fingerprint density at radius 1 is 0.349 bits per heavy atom. The summed E-state index contributed by atoms with van der Waals surface area (Å²) >= 11 is 0. The van der Waals surface area contributed by atoms with Crippen LogP contribution < -0.4 is 0 Å². The molecule has 7 aromatic carbocycles. The van der Waals surface area contributed by atoms with Crippen molar-refractivity contribution in [3.8, 4) is 44.5 Å². The van der Waals surface area contributed by atoms with Gasteiger partial charge in [0.15, 0.2) is 0 Å². The Hall–Kier alpha value is -5.53. The molecule has 0 saturated heterocycles. The Labute approximate surface area is 251 Å². The predicted molar refractivity (Wildman–Crippen MR) is 183 cm³/mol. The fourth-order valence-corrected chi connectivity index (χ4v) is 6.53. The van der Waals surface area contributed by atoms with Crippen molar-refractivity contribution in [2.45, 2.75) is 6.92 Å². The van der Waals surface area contributed by atoms with E-state index >= 15 is 0 Å². The fraction of sp³-hybridized carbons (Fsp3) is 0.0238. The summed E-state index contributed by atoms with van der Waals surface area (Å²) in [6, 6.07) is 55.2. The van der Waals surface area contributed by atoms with Crippen LogP contribution in [-0.4, -0.2) is 4.98 Å². The first-order valence-corrected chi connectivity index (χ1v) is 14.8. The van der Waals surface area contributed by atoms with Crippen LogP contribution in [-0.2, 0) is 0 Å². The number of hydrogen-bond donors (Lipinski definition) is 0. The summed E-state index contributed by atoms with van der Waals surface area (Å²) in [5, 5.41) is 7.61. The maximum Gasteiger partial charge on any atom is 0.0378 e. The Kier molecular flexibility index (Phi) is 6.09. The summed E-state index contributed by atoms with van der Waals surface area (Å²) < 4.78 is 0. The molecule has 0 atom stereocenters. The van der Waals surface area contributed by atoms with Crippen molar-refractivity contribution in [1.82, 2.24) is 4.98 Å². The first-order chi connectivity index (χ1) is 21.2. The summed E-state index contributed by atoms with van der Waals surface area (Å²) in [4.78, 5) is 4.36. The number of nitrogens with zero attached hydrogens (tertiary/aromatic N) is 1. The molecule has 0 spiro atoms. The highest BCUT2D eigenvalue weighted by Crippen LogP contribution is 2.44. The molecule has 1 heterocycles. The van der Waals surface area contributed by atoms with E-state index in [-0.39, 0.29) is 0 Å². The third-order valence-corrected chi connectivity index (χ3v) is 8.57. The summed E-state index contributed by atoms with van der Waals surface area (Å²) in [5.74, 6) is 0. The zero-order valence-electron chi connectivity index (χ0n) is 24.0. The molecule has 0 amide bonds. The van der Waals surface area contributed by atoms with Crippen molar-refractivity contribution < 1.29 is 0 Å². The molecule has 8 aromatic rings. The number of pyridine rings is 1. The van der Waals surface area contributed by atoms with Crippen molar-refractivity contribution in [2.75, 3.05) is 0 Å². The maximum atomic E-state index is 4.36. The Bertz CT molecular complexity index is 2240. The van der Waals surface area contributed by atoms with E-state index in [0.717, 1.165) is 5.69 Å². The molecule has 0 aliphatic carbocycles. The molecular weight excluding hydrogens is 518 g/mol. The molecule has 0 N–H and O–H groups in total. The van der Waals surface area contributed by atoms with Gasteiger partial charge in [-0.3, -0.25) is 4.98 Å². The van der Waals surface area contributed by atoms with E-state index in [2.05, 4.69) is 157 Å². The average Bonchev–Trinajstić information content (AvgIpc) is 3.07.